The number of aliphatic hydroxyl groups is 1. The second kappa shape index (κ2) is 5.08. The molecule has 1 aromatic rings. The maximum absolute atomic E-state index is 9.85. The third-order valence-corrected chi connectivity index (χ3v) is 2.14. The Bertz CT molecular complexity index is 261. The molecule has 0 fully saturated rings. The second-order valence-corrected chi connectivity index (χ2v) is 3.99. The van der Waals surface area contributed by atoms with Crippen molar-refractivity contribution >= 4 is 0 Å². The molecule has 0 radical (unpaired) electrons. The van der Waals surface area contributed by atoms with Crippen LogP contribution in [0.3, 0.4) is 0 Å². The molecule has 0 amide bonds. The van der Waals surface area contributed by atoms with Gasteiger partial charge in [-0.25, -0.2) is 0 Å². The van der Waals surface area contributed by atoms with Gasteiger partial charge in [0.15, 0.2) is 0 Å². The highest BCUT2D eigenvalue weighted by molar-refractivity contribution is 5.08. The van der Waals surface area contributed by atoms with Crippen LogP contribution in [0.15, 0.2) is 24.4 Å². The van der Waals surface area contributed by atoms with E-state index in [2.05, 4.69) is 18.8 Å². The van der Waals surface area contributed by atoms with Crippen LogP contribution < -0.4 is 5.73 Å². The first-order valence-electron chi connectivity index (χ1n) is 4.96. The smallest absolute Gasteiger partial charge is 0.111 e. The zero-order chi connectivity index (χ0) is 10.6. The molecule has 0 aliphatic heterocycles. The van der Waals surface area contributed by atoms with Gasteiger partial charge in [-0.1, -0.05) is 19.9 Å². The highest BCUT2D eigenvalue weighted by atomic mass is 16.3. The summed E-state index contributed by atoms with van der Waals surface area (Å²) in [6.07, 6.45) is 1.82. The summed E-state index contributed by atoms with van der Waals surface area (Å²) in [6, 6.07) is 5.24. The van der Waals surface area contributed by atoms with Gasteiger partial charge >= 0.3 is 0 Å². The minimum Gasteiger partial charge on any atom is -0.385 e. The van der Waals surface area contributed by atoms with E-state index in [-0.39, 0.29) is 6.04 Å². The van der Waals surface area contributed by atoms with Crippen molar-refractivity contribution in [1.82, 2.24) is 4.98 Å². The van der Waals surface area contributed by atoms with E-state index < -0.39 is 6.10 Å². The van der Waals surface area contributed by atoms with Crippen molar-refractivity contribution in [2.75, 3.05) is 0 Å². The number of hydrogen-bond acceptors (Lipinski definition) is 3. The predicted octanol–water partition coefficient (Wildman–Crippen LogP) is 1.49. The normalized spacial score (nSPS) is 15.5. The van der Waals surface area contributed by atoms with E-state index in [0.29, 0.717) is 11.6 Å². The molecular formula is C11H18N2O. The largest absolute Gasteiger partial charge is 0.385 e. The molecule has 0 aromatic carbocycles. The molecule has 1 heterocycles. The third-order valence-electron chi connectivity index (χ3n) is 2.14. The molecule has 0 aliphatic carbocycles. The Labute approximate surface area is 85.0 Å². The Morgan fingerprint density at radius 1 is 1.43 bits per heavy atom. The lowest BCUT2D eigenvalue weighted by Gasteiger charge is -2.19. The maximum Gasteiger partial charge on any atom is 0.111 e. The first-order valence-corrected chi connectivity index (χ1v) is 4.96. The molecule has 78 valence electrons. The summed E-state index contributed by atoms with van der Waals surface area (Å²) in [5, 5.41) is 9.85. The van der Waals surface area contributed by atoms with E-state index in [1.807, 2.05) is 12.1 Å². The van der Waals surface area contributed by atoms with Crippen LogP contribution in [0.25, 0.3) is 0 Å². The van der Waals surface area contributed by atoms with Gasteiger partial charge in [-0.3, -0.25) is 4.98 Å². The molecule has 0 bridgehead atoms. The molecule has 2 atom stereocenters. The lowest BCUT2D eigenvalue weighted by atomic mass is 9.98. The van der Waals surface area contributed by atoms with Crippen LogP contribution in [0.2, 0.25) is 0 Å². The van der Waals surface area contributed by atoms with Crippen molar-refractivity contribution in [1.29, 1.82) is 0 Å². The molecule has 0 saturated carbocycles. The standard InChI is InChI=1S/C11H18N2O/c1-8(2)7-9(12)11(14)10-5-3-4-6-13-10/h3-6,8-9,11,14H,7,12H2,1-2H3. The van der Waals surface area contributed by atoms with Crippen molar-refractivity contribution in [3.63, 3.8) is 0 Å². The van der Waals surface area contributed by atoms with Crippen LogP contribution >= 0.6 is 0 Å². The van der Waals surface area contributed by atoms with Crippen molar-refractivity contribution in [2.24, 2.45) is 11.7 Å². The molecule has 3 heteroatoms. The van der Waals surface area contributed by atoms with Gasteiger partial charge in [-0.15, -0.1) is 0 Å². The van der Waals surface area contributed by atoms with Crippen LogP contribution in [0.1, 0.15) is 32.1 Å². The zero-order valence-corrected chi connectivity index (χ0v) is 8.72. The van der Waals surface area contributed by atoms with Gasteiger partial charge in [0.25, 0.3) is 0 Å². The summed E-state index contributed by atoms with van der Waals surface area (Å²) in [6.45, 7) is 4.18. The van der Waals surface area contributed by atoms with Gasteiger partial charge < -0.3 is 10.8 Å². The average Bonchev–Trinajstić information content (AvgIpc) is 2.17. The van der Waals surface area contributed by atoms with Gasteiger partial charge in [0.05, 0.1) is 5.69 Å². The van der Waals surface area contributed by atoms with Crippen molar-refractivity contribution in [3.8, 4) is 0 Å². The van der Waals surface area contributed by atoms with Crippen LogP contribution in [0, 0.1) is 5.92 Å². The summed E-state index contributed by atoms with van der Waals surface area (Å²) < 4.78 is 0. The predicted molar refractivity (Wildman–Crippen MR) is 56.6 cm³/mol. The van der Waals surface area contributed by atoms with E-state index in [9.17, 15) is 5.11 Å². The van der Waals surface area contributed by atoms with Gasteiger partial charge in [-0.05, 0) is 24.5 Å². The lowest BCUT2D eigenvalue weighted by Crippen LogP contribution is -2.30. The summed E-state index contributed by atoms with van der Waals surface area (Å²) in [7, 11) is 0. The zero-order valence-electron chi connectivity index (χ0n) is 8.72. The Morgan fingerprint density at radius 2 is 2.14 bits per heavy atom. The summed E-state index contributed by atoms with van der Waals surface area (Å²) in [5.74, 6) is 0.489. The second-order valence-electron chi connectivity index (χ2n) is 3.99. The summed E-state index contributed by atoms with van der Waals surface area (Å²) >= 11 is 0. The summed E-state index contributed by atoms with van der Waals surface area (Å²) in [5.41, 5.74) is 6.51. The Hall–Kier alpha value is -0.930. The fourth-order valence-electron chi connectivity index (χ4n) is 1.44. The Morgan fingerprint density at radius 3 is 2.64 bits per heavy atom. The van der Waals surface area contributed by atoms with E-state index >= 15 is 0 Å². The van der Waals surface area contributed by atoms with E-state index in [4.69, 9.17) is 5.73 Å². The molecule has 0 saturated heterocycles. The molecule has 0 spiro atoms. The molecule has 0 aliphatic rings. The monoisotopic (exact) mass is 194 g/mol. The molecule has 2 unspecified atom stereocenters. The van der Waals surface area contributed by atoms with Gasteiger partial charge in [0.2, 0.25) is 0 Å². The van der Waals surface area contributed by atoms with Crippen LogP contribution in [-0.4, -0.2) is 16.1 Å². The molecule has 3 N–H and O–H groups in total. The van der Waals surface area contributed by atoms with Gasteiger partial charge in [-0.2, -0.15) is 0 Å². The van der Waals surface area contributed by atoms with Crippen molar-refractivity contribution in [3.05, 3.63) is 30.1 Å². The van der Waals surface area contributed by atoms with E-state index in [1.165, 1.54) is 0 Å². The number of hydrogen-bond donors (Lipinski definition) is 2. The fourth-order valence-corrected chi connectivity index (χ4v) is 1.44. The Kier molecular flexibility index (Phi) is 4.04. The Balaban J connectivity index is 2.61. The van der Waals surface area contributed by atoms with E-state index in [0.717, 1.165) is 6.42 Å². The van der Waals surface area contributed by atoms with Crippen molar-refractivity contribution in [2.45, 2.75) is 32.4 Å². The van der Waals surface area contributed by atoms with Crippen LogP contribution in [-0.2, 0) is 0 Å². The first kappa shape index (κ1) is 11.1. The van der Waals surface area contributed by atoms with Gasteiger partial charge in [0.1, 0.15) is 6.10 Å². The molecule has 14 heavy (non-hydrogen) atoms. The highest BCUT2D eigenvalue weighted by Gasteiger charge is 2.18. The highest BCUT2D eigenvalue weighted by Crippen LogP contribution is 2.17. The minimum absolute atomic E-state index is 0.232. The molecule has 1 rings (SSSR count). The number of aliphatic hydroxyl groups excluding tert-OH is 1. The topological polar surface area (TPSA) is 59.1 Å². The third kappa shape index (κ3) is 3.09. The van der Waals surface area contributed by atoms with Gasteiger partial charge in [0, 0.05) is 12.2 Å². The number of pyridine rings is 1. The quantitative estimate of drug-likeness (QED) is 0.763. The average molecular weight is 194 g/mol. The first-order chi connectivity index (χ1) is 6.61. The van der Waals surface area contributed by atoms with E-state index in [1.54, 1.807) is 12.3 Å². The molecular weight excluding hydrogens is 176 g/mol. The van der Waals surface area contributed by atoms with Crippen LogP contribution in [0.4, 0.5) is 0 Å². The SMILES string of the molecule is CC(C)CC(N)C(O)c1ccccn1. The number of rotatable bonds is 4. The molecule has 1 aromatic heterocycles. The number of nitrogens with two attached hydrogens (primary N) is 1. The fraction of sp³-hybridized carbons (Fsp3) is 0.545. The minimum atomic E-state index is -0.654. The summed E-state index contributed by atoms with van der Waals surface area (Å²) in [4.78, 5) is 4.08. The van der Waals surface area contributed by atoms with Crippen LogP contribution in [0.5, 0.6) is 0 Å². The number of nitrogens with zero attached hydrogens (tertiary/aromatic N) is 1. The van der Waals surface area contributed by atoms with Crippen molar-refractivity contribution < 1.29 is 5.11 Å². The lowest BCUT2D eigenvalue weighted by molar-refractivity contribution is 0.131. The maximum atomic E-state index is 9.85. The number of aromatic nitrogens is 1. The molecule has 3 nitrogen and oxygen atoms in total.